The summed E-state index contributed by atoms with van der Waals surface area (Å²) in [4.78, 5) is 4.65. The molecule has 0 saturated heterocycles. The van der Waals surface area contributed by atoms with Gasteiger partial charge in [-0.1, -0.05) is 35.3 Å². The lowest BCUT2D eigenvalue weighted by atomic mass is 9.96. The molecule has 0 N–H and O–H groups in total. The van der Waals surface area contributed by atoms with Gasteiger partial charge in [-0.25, -0.2) is 0 Å². The van der Waals surface area contributed by atoms with Gasteiger partial charge in [0.05, 0.1) is 6.04 Å². The molecule has 0 radical (unpaired) electrons. The molecule has 1 aliphatic rings. The van der Waals surface area contributed by atoms with Crippen molar-refractivity contribution >= 4 is 23.2 Å². The first-order valence-corrected chi connectivity index (χ1v) is 8.86. The Hall–Kier alpha value is -1.26. The van der Waals surface area contributed by atoms with E-state index in [-0.39, 0.29) is 6.04 Å². The number of halogens is 2. The highest BCUT2D eigenvalue weighted by atomic mass is 35.5. The van der Waals surface area contributed by atoms with Crippen LogP contribution in [0.15, 0.2) is 42.5 Å². The first kappa shape index (κ1) is 17.6. The first-order chi connectivity index (χ1) is 11.5. The second-order valence-corrected chi connectivity index (χ2v) is 7.20. The van der Waals surface area contributed by atoms with Gasteiger partial charge in [-0.15, -0.1) is 0 Å². The fraction of sp³-hybridized carbons (Fsp3) is 0.368. The molecule has 1 aliphatic heterocycles. The van der Waals surface area contributed by atoms with Crippen LogP contribution in [0.25, 0.3) is 0 Å². The minimum absolute atomic E-state index is 0.110. The largest absolute Gasteiger partial charge is 0.492 e. The molecule has 2 aromatic rings. The fourth-order valence-corrected chi connectivity index (χ4v) is 3.37. The first-order valence-electron chi connectivity index (χ1n) is 8.11. The van der Waals surface area contributed by atoms with Crippen LogP contribution in [0.1, 0.15) is 17.2 Å². The van der Waals surface area contributed by atoms with Crippen molar-refractivity contribution in [3.05, 3.63) is 63.6 Å². The van der Waals surface area contributed by atoms with Crippen LogP contribution in [0.4, 0.5) is 0 Å². The van der Waals surface area contributed by atoms with Gasteiger partial charge in [-0.3, -0.25) is 4.90 Å². The summed E-state index contributed by atoms with van der Waals surface area (Å²) >= 11 is 12.4. The molecule has 0 saturated carbocycles. The number of rotatable bonds is 4. The summed E-state index contributed by atoms with van der Waals surface area (Å²) < 4.78 is 5.98. The van der Waals surface area contributed by atoms with Crippen molar-refractivity contribution < 1.29 is 4.74 Å². The zero-order valence-electron chi connectivity index (χ0n) is 14.0. The highest BCUT2D eigenvalue weighted by Gasteiger charge is 2.28. The summed E-state index contributed by atoms with van der Waals surface area (Å²) in [5.74, 6) is 0.909. The van der Waals surface area contributed by atoms with Crippen molar-refractivity contribution in [1.29, 1.82) is 0 Å². The van der Waals surface area contributed by atoms with Crippen molar-refractivity contribution in [3.8, 4) is 5.75 Å². The van der Waals surface area contributed by atoms with Gasteiger partial charge in [0.2, 0.25) is 0 Å². The van der Waals surface area contributed by atoms with E-state index >= 15 is 0 Å². The van der Waals surface area contributed by atoms with Crippen LogP contribution in [0.3, 0.4) is 0 Å². The SMILES string of the molecule is CN(C)CCN1CCOc2ccc(Cl)cc2C1c1ccc(Cl)cc1. The lowest BCUT2D eigenvalue weighted by molar-refractivity contribution is 0.185. The van der Waals surface area contributed by atoms with Gasteiger partial charge >= 0.3 is 0 Å². The summed E-state index contributed by atoms with van der Waals surface area (Å²) in [6.07, 6.45) is 0. The van der Waals surface area contributed by atoms with Gasteiger partial charge in [0.25, 0.3) is 0 Å². The van der Waals surface area contributed by atoms with Crippen LogP contribution in [0, 0.1) is 0 Å². The topological polar surface area (TPSA) is 15.7 Å². The molecule has 0 spiro atoms. The maximum absolute atomic E-state index is 6.28. The summed E-state index contributed by atoms with van der Waals surface area (Å²) in [5, 5.41) is 1.47. The molecule has 1 unspecified atom stereocenters. The molecule has 128 valence electrons. The Labute approximate surface area is 153 Å². The normalized spacial score (nSPS) is 18.1. The molecule has 3 rings (SSSR count). The average Bonchev–Trinajstić information content (AvgIpc) is 2.72. The van der Waals surface area contributed by atoms with Gasteiger partial charge in [-0.05, 0) is 50.0 Å². The third-order valence-electron chi connectivity index (χ3n) is 4.29. The molecule has 0 bridgehead atoms. The molecule has 1 heterocycles. The number of benzene rings is 2. The van der Waals surface area contributed by atoms with Gasteiger partial charge in [-0.2, -0.15) is 0 Å². The zero-order chi connectivity index (χ0) is 17.1. The number of nitrogens with zero attached hydrogens (tertiary/aromatic N) is 2. The molecule has 0 fully saturated rings. The summed E-state index contributed by atoms with van der Waals surface area (Å²) in [6, 6.07) is 14.0. The van der Waals surface area contributed by atoms with Crippen LogP contribution in [0.2, 0.25) is 10.0 Å². The summed E-state index contributed by atoms with van der Waals surface area (Å²) in [5.41, 5.74) is 2.31. The Kier molecular flexibility index (Phi) is 5.67. The Morgan fingerprint density at radius 1 is 1.08 bits per heavy atom. The van der Waals surface area contributed by atoms with Crippen molar-refractivity contribution in [2.45, 2.75) is 6.04 Å². The molecule has 0 aromatic heterocycles. The quantitative estimate of drug-likeness (QED) is 0.802. The van der Waals surface area contributed by atoms with E-state index in [0.29, 0.717) is 6.61 Å². The van der Waals surface area contributed by atoms with Gasteiger partial charge in [0, 0.05) is 35.2 Å². The number of fused-ring (bicyclic) bond motifs is 1. The summed E-state index contributed by atoms with van der Waals surface area (Å²) in [6.45, 7) is 3.48. The highest BCUT2D eigenvalue weighted by molar-refractivity contribution is 6.31. The predicted octanol–water partition coefficient (Wildman–Crippen LogP) is 4.34. The molecule has 5 heteroatoms. The van der Waals surface area contributed by atoms with E-state index < -0.39 is 0 Å². The molecule has 24 heavy (non-hydrogen) atoms. The maximum Gasteiger partial charge on any atom is 0.124 e. The average molecular weight is 365 g/mol. The number of likely N-dealkylation sites (N-methyl/N-ethyl adjacent to an activating group) is 1. The standard InChI is InChI=1S/C19H22Cl2N2O/c1-22(2)9-10-23-11-12-24-18-8-7-16(21)13-17(18)19(23)14-3-5-15(20)6-4-14/h3-8,13,19H,9-12H2,1-2H3. The van der Waals surface area contributed by atoms with Gasteiger partial charge in [0.15, 0.2) is 0 Å². The van der Waals surface area contributed by atoms with Crippen molar-refractivity contribution in [3.63, 3.8) is 0 Å². The Balaban J connectivity index is 2.03. The molecule has 0 aliphatic carbocycles. The molecular weight excluding hydrogens is 343 g/mol. The second kappa shape index (κ2) is 7.75. The monoisotopic (exact) mass is 364 g/mol. The number of hydrogen-bond donors (Lipinski definition) is 0. The van der Waals surface area contributed by atoms with E-state index in [1.54, 1.807) is 0 Å². The summed E-state index contributed by atoms with van der Waals surface area (Å²) in [7, 11) is 4.19. The molecule has 3 nitrogen and oxygen atoms in total. The maximum atomic E-state index is 6.28. The van der Waals surface area contributed by atoms with Gasteiger partial charge in [0.1, 0.15) is 12.4 Å². The van der Waals surface area contributed by atoms with Crippen LogP contribution in [0.5, 0.6) is 5.75 Å². The third-order valence-corrected chi connectivity index (χ3v) is 4.77. The molecular formula is C19H22Cl2N2O. The second-order valence-electron chi connectivity index (χ2n) is 6.32. The lowest BCUT2D eigenvalue weighted by Gasteiger charge is -2.31. The Morgan fingerprint density at radius 3 is 2.50 bits per heavy atom. The number of hydrogen-bond acceptors (Lipinski definition) is 3. The van der Waals surface area contributed by atoms with Crippen LogP contribution < -0.4 is 4.74 Å². The van der Waals surface area contributed by atoms with Crippen LogP contribution in [-0.4, -0.2) is 50.1 Å². The van der Waals surface area contributed by atoms with E-state index in [1.807, 2.05) is 30.3 Å². The van der Waals surface area contributed by atoms with E-state index in [2.05, 4.69) is 36.0 Å². The van der Waals surface area contributed by atoms with E-state index in [1.165, 1.54) is 5.56 Å². The smallest absolute Gasteiger partial charge is 0.124 e. The zero-order valence-corrected chi connectivity index (χ0v) is 15.5. The Bertz CT molecular complexity index is 688. The van der Waals surface area contributed by atoms with Crippen LogP contribution >= 0.6 is 23.2 Å². The van der Waals surface area contributed by atoms with E-state index in [9.17, 15) is 0 Å². The minimum atomic E-state index is 0.110. The highest BCUT2D eigenvalue weighted by Crippen LogP contribution is 2.38. The van der Waals surface area contributed by atoms with Crippen LogP contribution in [-0.2, 0) is 0 Å². The molecule has 1 atom stereocenters. The van der Waals surface area contributed by atoms with E-state index in [0.717, 1.165) is 41.0 Å². The Morgan fingerprint density at radius 2 is 1.79 bits per heavy atom. The lowest BCUT2D eigenvalue weighted by Crippen LogP contribution is -2.36. The molecule has 2 aromatic carbocycles. The van der Waals surface area contributed by atoms with Gasteiger partial charge < -0.3 is 9.64 Å². The van der Waals surface area contributed by atoms with Crippen molar-refractivity contribution in [2.75, 3.05) is 40.3 Å². The third kappa shape index (κ3) is 4.04. The number of ether oxygens (including phenoxy) is 1. The minimum Gasteiger partial charge on any atom is -0.492 e. The fourth-order valence-electron chi connectivity index (χ4n) is 3.07. The van der Waals surface area contributed by atoms with E-state index in [4.69, 9.17) is 27.9 Å². The molecule has 0 amide bonds. The predicted molar refractivity (Wildman–Crippen MR) is 100 cm³/mol. The van der Waals surface area contributed by atoms with Crippen molar-refractivity contribution in [1.82, 2.24) is 9.80 Å². The van der Waals surface area contributed by atoms with Crippen molar-refractivity contribution in [2.24, 2.45) is 0 Å².